The molecule has 2 N–H and O–H groups in total. The molecule has 0 aliphatic rings. The lowest BCUT2D eigenvalue weighted by Gasteiger charge is -2.07. The number of esters is 1. The van der Waals surface area contributed by atoms with E-state index in [-0.39, 0.29) is 12.4 Å². The summed E-state index contributed by atoms with van der Waals surface area (Å²) in [7, 11) is 0. The average Bonchev–Trinajstić information content (AvgIpc) is 2.43. The fraction of sp³-hybridized carbons (Fsp3) is 0.500. The Labute approximate surface area is 118 Å². The molecule has 1 aromatic heterocycles. The van der Waals surface area contributed by atoms with Crippen molar-refractivity contribution >= 4 is 17.6 Å². The normalized spacial score (nSPS) is 10.1. The predicted octanol–water partition coefficient (Wildman–Crippen LogP) is 2.32. The van der Waals surface area contributed by atoms with Gasteiger partial charge in [-0.05, 0) is 25.8 Å². The number of carbonyl (C=O) groups is 2. The first-order valence-corrected chi connectivity index (χ1v) is 6.71. The number of anilines is 1. The number of carboxylic acids is 1. The quantitative estimate of drug-likeness (QED) is 0.533. The second-order valence-corrected chi connectivity index (χ2v) is 4.31. The number of unbranched alkanes of at least 4 members (excludes halogenated alkanes) is 2. The number of nitrogens with zero attached hydrogens (tertiary/aromatic N) is 1. The van der Waals surface area contributed by atoms with Crippen LogP contribution in [0.2, 0.25) is 0 Å². The molecule has 0 radical (unpaired) electrons. The van der Waals surface area contributed by atoms with Gasteiger partial charge in [-0.2, -0.15) is 0 Å². The van der Waals surface area contributed by atoms with Crippen LogP contribution in [0, 0.1) is 0 Å². The SMILES string of the molecule is CCOC(=O)c1cncc(NCCCCCC(=O)O)c1. The zero-order valence-electron chi connectivity index (χ0n) is 11.6. The molecule has 0 aromatic carbocycles. The standard InChI is InChI=1S/C14H20N2O4/c1-2-20-14(19)11-8-12(10-15-9-11)16-7-5-3-4-6-13(17)18/h8-10,16H,2-7H2,1H3,(H,17,18). The second kappa shape index (κ2) is 8.90. The van der Waals surface area contributed by atoms with Crippen molar-refractivity contribution in [3.05, 3.63) is 24.0 Å². The highest BCUT2D eigenvalue weighted by Crippen LogP contribution is 2.10. The summed E-state index contributed by atoms with van der Waals surface area (Å²) in [6.45, 7) is 2.80. The summed E-state index contributed by atoms with van der Waals surface area (Å²) in [5.74, 6) is -1.14. The maximum Gasteiger partial charge on any atom is 0.339 e. The lowest BCUT2D eigenvalue weighted by atomic mass is 10.2. The van der Waals surface area contributed by atoms with Crippen LogP contribution in [0.25, 0.3) is 0 Å². The highest BCUT2D eigenvalue weighted by atomic mass is 16.5. The fourth-order valence-corrected chi connectivity index (χ4v) is 1.67. The van der Waals surface area contributed by atoms with Crippen molar-refractivity contribution in [2.24, 2.45) is 0 Å². The summed E-state index contributed by atoms with van der Waals surface area (Å²) < 4.78 is 4.90. The van der Waals surface area contributed by atoms with Crippen LogP contribution < -0.4 is 5.32 Å². The van der Waals surface area contributed by atoms with Crippen molar-refractivity contribution in [1.82, 2.24) is 4.98 Å². The smallest absolute Gasteiger partial charge is 0.339 e. The molecule has 0 saturated heterocycles. The van der Waals surface area contributed by atoms with Crippen molar-refractivity contribution in [3.63, 3.8) is 0 Å². The molecule has 1 aromatic rings. The van der Waals surface area contributed by atoms with Crippen LogP contribution in [0.1, 0.15) is 43.0 Å². The number of nitrogens with one attached hydrogen (secondary N) is 1. The molecule has 0 saturated carbocycles. The van der Waals surface area contributed by atoms with Crippen molar-refractivity contribution in [1.29, 1.82) is 0 Å². The van der Waals surface area contributed by atoms with E-state index in [1.807, 2.05) is 0 Å². The molecule has 0 spiro atoms. The van der Waals surface area contributed by atoms with E-state index in [9.17, 15) is 9.59 Å². The number of rotatable bonds is 9. The Bertz CT molecular complexity index is 449. The van der Waals surface area contributed by atoms with Crippen LogP contribution in [-0.4, -0.2) is 35.2 Å². The van der Waals surface area contributed by atoms with Gasteiger partial charge in [0.25, 0.3) is 0 Å². The second-order valence-electron chi connectivity index (χ2n) is 4.31. The van der Waals surface area contributed by atoms with Crippen LogP contribution in [0.4, 0.5) is 5.69 Å². The minimum absolute atomic E-state index is 0.208. The van der Waals surface area contributed by atoms with E-state index in [1.165, 1.54) is 6.20 Å². The Balaban J connectivity index is 2.31. The van der Waals surface area contributed by atoms with Gasteiger partial charge in [0.1, 0.15) is 0 Å². The summed E-state index contributed by atoms with van der Waals surface area (Å²) in [5, 5.41) is 11.7. The van der Waals surface area contributed by atoms with Gasteiger partial charge in [0.15, 0.2) is 0 Å². The zero-order valence-corrected chi connectivity index (χ0v) is 11.6. The summed E-state index contributed by atoms with van der Waals surface area (Å²) in [6.07, 6.45) is 5.72. The third-order valence-electron chi connectivity index (χ3n) is 2.65. The third kappa shape index (κ3) is 6.17. The van der Waals surface area contributed by atoms with E-state index in [1.54, 1.807) is 19.2 Å². The molecule has 1 heterocycles. The number of hydrogen-bond acceptors (Lipinski definition) is 5. The molecule has 20 heavy (non-hydrogen) atoms. The van der Waals surface area contributed by atoms with Crippen molar-refractivity contribution in [2.75, 3.05) is 18.5 Å². The maximum absolute atomic E-state index is 11.5. The number of carbonyl (C=O) groups excluding carboxylic acids is 1. The molecule has 0 unspecified atom stereocenters. The molecule has 0 amide bonds. The van der Waals surface area contributed by atoms with Gasteiger partial charge in [0.05, 0.1) is 17.9 Å². The fourth-order valence-electron chi connectivity index (χ4n) is 1.67. The summed E-state index contributed by atoms with van der Waals surface area (Å²) >= 11 is 0. The highest BCUT2D eigenvalue weighted by Gasteiger charge is 2.07. The summed E-state index contributed by atoms with van der Waals surface area (Å²) in [5.41, 5.74) is 1.18. The van der Waals surface area contributed by atoms with Crippen LogP contribution >= 0.6 is 0 Å². The minimum Gasteiger partial charge on any atom is -0.481 e. The first-order valence-electron chi connectivity index (χ1n) is 6.71. The first kappa shape index (κ1) is 15.9. The molecule has 0 aliphatic carbocycles. The Hall–Kier alpha value is -2.11. The van der Waals surface area contributed by atoms with E-state index in [2.05, 4.69) is 10.3 Å². The molecular formula is C14H20N2O4. The molecule has 0 fully saturated rings. The maximum atomic E-state index is 11.5. The lowest BCUT2D eigenvalue weighted by molar-refractivity contribution is -0.137. The van der Waals surface area contributed by atoms with E-state index in [0.29, 0.717) is 25.1 Å². The van der Waals surface area contributed by atoms with Crippen molar-refractivity contribution in [2.45, 2.75) is 32.6 Å². The van der Waals surface area contributed by atoms with Crippen LogP contribution in [0.15, 0.2) is 18.5 Å². The molecule has 1 rings (SSSR count). The highest BCUT2D eigenvalue weighted by molar-refractivity contribution is 5.90. The summed E-state index contributed by atoms with van der Waals surface area (Å²) in [6, 6.07) is 1.70. The van der Waals surface area contributed by atoms with Crippen LogP contribution in [0.3, 0.4) is 0 Å². The lowest BCUT2D eigenvalue weighted by Crippen LogP contribution is -2.07. The number of pyridine rings is 1. The average molecular weight is 280 g/mol. The van der Waals surface area contributed by atoms with Gasteiger partial charge in [-0.3, -0.25) is 9.78 Å². The Morgan fingerprint density at radius 1 is 1.30 bits per heavy atom. The van der Waals surface area contributed by atoms with E-state index >= 15 is 0 Å². The van der Waals surface area contributed by atoms with E-state index in [0.717, 1.165) is 18.5 Å². The number of ether oxygens (including phenoxy) is 1. The van der Waals surface area contributed by atoms with Crippen molar-refractivity contribution < 1.29 is 19.4 Å². The van der Waals surface area contributed by atoms with Gasteiger partial charge in [-0.1, -0.05) is 6.42 Å². The molecule has 6 heteroatoms. The molecule has 0 atom stereocenters. The zero-order chi connectivity index (χ0) is 14.8. The molecule has 0 aliphatic heterocycles. The van der Waals surface area contributed by atoms with Crippen LogP contribution in [-0.2, 0) is 9.53 Å². The van der Waals surface area contributed by atoms with Gasteiger partial charge in [-0.25, -0.2) is 4.79 Å². The number of hydrogen-bond donors (Lipinski definition) is 2. The predicted molar refractivity (Wildman–Crippen MR) is 74.8 cm³/mol. The van der Waals surface area contributed by atoms with Crippen molar-refractivity contribution in [3.8, 4) is 0 Å². The molecule has 110 valence electrons. The molecular weight excluding hydrogens is 260 g/mol. The first-order chi connectivity index (χ1) is 9.63. The van der Waals surface area contributed by atoms with Gasteiger partial charge in [-0.15, -0.1) is 0 Å². The van der Waals surface area contributed by atoms with E-state index in [4.69, 9.17) is 9.84 Å². The van der Waals surface area contributed by atoms with Gasteiger partial charge < -0.3 is 15.2 Å². The number of aliphatic carboxylic acids is 1. The minimum atomic E-state index is -0.760. The summed E-state index contributed by atoms with van der Waals surface area (Å²) in [4.78, 5) is 25.9. The largest absolute Gasteiger partial charge is 0.481 e. The number of aromatic nitrogens is 1. The Morgan fingerprint density at radius 3 is 2.80 bits per heavy atom. The van der Waals surface area contributed by atoms with E-state index < -0.39 is 5.97 Å². The molecule has 0 bridgehead atoms. The van der Waals surface area contributed by atoms with Crippen LogP contribution in [0.5, 0.6) is 0 Å². The molecule has 6 nitrogen and oxygen atoms in total. The topological polar surface area (TPSA) is 88.5 Å². The third-order valence-corrected chi connectivity index (χ3v) is 2.65. The van der Waals surface area contributed by atoms with Gasteiger partial charge in [0.2, 0.25) is 0 Å². The number of carboxylic acid groups (broad SMARTS) is 1. The monoisotopic (exact) mass is 280 g/mol. The Kier molecular flexibility index (Phi) is 7.10. The Morgan fingerprint density at radius 2 is 2.10 bits per heavy atom. The van der Waals surface area contributed by atoms with Gasteiger partial charge in [0, 0.05) is 25.4 Å². The van der Waals surface area contributed by atoms with Gasteiger partial charge >= 0.3 is 11.9 Å².